The van der Waals surface area contributed by atoms with Crippen LogP contribution in [-0.2, 0) is 27.8 Å². The number of piperidine rings is 1. The van der Waals surface area contributed by atoms with E-state index in [1.807, 2.05) is 35.8 Å². The van der Waals surface area contributed by atoms with Crippen molar-refractivity contribution in [3.05, 3.63) is 53.9 Å². The number of amides is 1. The molecule has 3 aromatic rings. The number of nitrogens with one attached hydrogen (secondary N) is 1. The van der Waals surface area contributed by atoms with Crippen molar-refractivity contribution in [3.8, 4) is 0 Å². The lowest BCUT2D eigenvalue weighted by atomic mass is 10.2. The van der Waals surface area contributed by atoms with E-state index in [0.717, 1.165) is 36.1 Å². The Kier molecular flexibility index (Phi) is 6.11. The van der Waals surface area contributed by atoms with Gasteiger partial charge in [-0.15, -0.1) is 0 Å². The molecule has 0 aliphatic carbocycles. The normalized spacial score (nSPS) is 15.3. The first-order valence-corrected chi connectivity index (χ1v) is 12.2. The van der Waals surface area contributed by atoms with Crippen LogP contribution in [-0.4, -0.2) is 41.3 Å². The summed E-state index contributed by atoms with van der Waals surface area (Å²) in [7, 11) is -3.57. The molecule has 2 aromatic carbocycles. The molecule has 0 unspecified atom stereocenters. The number of hydrogen-bond acceptors (Lipinski definition) is 4. The van der Waals surface area contributed by atoms with E-state index in [-0.39, 0.29) is 17.3 Å². The van der Waals surface area contributed by atoms with Crippen molar-refractivity contribution in [2.24, 2.45) is 0 Å². The predicted octanol–water partition coefficient (Wildman–Crippen LogP) is 3.72. The lowest BCUT2D eigenvalue weighted by Gasteiger charge is -2.26. The van der Waals surface area contributed by atoms with E-state index in [9.17, 15) is 13.2 Å². The molecule has 1 aliphatic rings. The first kappa shape index (κ1) is 21.5. The number of aromatic nitrogens is 2. The number of hydrogen-bond donors (Lipinski definition) is 1. The van der Waals surface area contributed by atoms with E-state index in [1.54, 1.807) is 29.4 Å². The van der Waals surface area contributed by atoms with Crippen LogP contribution in [0.25, 0.3) is 11.0 Å². The van der Waals surface area contributed by atoms with Gasteiger partial charge in [0.05, 0.1) is 15.9 Å². The number of imidazole rings is 1. The minimum Gasteiger partial charge on any atom is -0.324 e. The maximum absolute atomic E-state index is 13.1. The number of rotatable bonds is 6. The summed E-state index contributed by atoms with van der Waals surface area (Å²) in [6, 6.07) is 12.8. The van der Waals surface area contributed by atoms with Gasteiger partial charge in [-0.3, -0.25) is 4.79 Å². The Balaban J connectivity index is 1.56. The van der Waals surface area contributed by atoms with Gasteiger partial charge in [0, 0.05) is 25.2 Å². The molecule has 4 rings (SSSR count). The predicted molar refractivity (Wildman–Crippen MR) is 122 cm³/mol. The number of sulfonamides is 1. The van der Waals surface area contributed by atoms with Crippen molar-refractivity contribution in [2.45, 2.75) is 51.0 Å². The van der Waals surface area contributed by atoms with E-state index >= 15 is 0 Å². The van der Waals surface area contributed by atoms with Gasteiger partial charge in [-0.05, 0) is 49.6 Å². The molecule has 7 nitrogen and oxygen atoms in total. The zero-order valence-electron chi connectivity index (χ0n) is 18.0. The van der Waals surface area contributed by atoms with Crippen molar-refractivity contribution in [2.75, 3.05) is 18.4 Å². The topological polar surface area (TPSA) is 84.3 Å². The first-order valence-electron chi connectivity index (χ1n) is 10.7. The number of aryl methyl sites for hydroxylation is 2. The van der Waals surface area contributed by atoms with Crippen LogP contribution in [0.1, 0.15) is 37.6 Å². The highest BCUT2D eigenvalue weighted by atomic mass is 32.2. The SMILES string of the molecule is CCc1nc2ccccc2n1CC(=O)Nc1ccc(C)c(S(=O)(=O)N2CCCCC2)c1. The maximum Gasteiger partial charge on any atom is 0.244 e. The van der Waals surface area contributed by atoms with Crippen molar-refractivity contribution >= 4 is 32.7 Å². The average molecular weight is 441 g/mol. The van der Waals surface area contributed by atoms with Crippen LogP contribution in [0.4, 0.5) is 5.69 Å². The molecule has 0 radical (unpaired) electrons. The van der Waals surface area contributed by atoms with Gasteiger partial charge in [0.2, 0.25) is 15.9 Å². The zero-order valence-corrected chi connectivity index (χ0v) is 18.8. The minimum absolute atomic E-state index is 0.117. The molecule has 1 saturated heterocycles. The summed E-state index contributed by atoms with van der Waals surface area (Å²) in [5.74, 6) is 0.622. The summed E-state index contributed by atoms with van der Waals surface area (Å²) in [5, 5.41) is 2.87. The summed E-state index contributed by atoms with van der Waals surface area (Å²) in [6.07, 6.45) is 3.54. The molecular weight excluding hydrogens is 412 g/mol. The third-order valence-electron chi connectivity index (χ3n) is 5.76. The fourth-order valence-electron chi connectivity index (χ4n) is 4.12. The van der Waals surface area contributed by atoms with Gasteiger partial charge in [0.1, 0.15) is 12.4 Å². The third kappa shape index (κ3) is 4.36. The fraction of sp³-hybridized carbons (Fsp3) is 0.391. The Bertz CT molecular complexity index is 1210. The number of benzene rings is 2. The highest BCUT2D eigenvalue weighted by molar-refractivity contribution is 7.89. The van der Waals surface area contributed by atoms with Crippen molar-refractivity contribution in [1.29, 1.82) is 0 Å². The number of anilines is 1. The second-order valence-electron chi connectivity index (χ2n) is 7.95. The molecule has 1 amide bonds. The highest BCUT2D eigenvalue weighted by Gasteiger charge is 2.27. The smallest absolute Gasteiger partial charge is 0.244 e. The van der Waals surface area contributed by atoms with Gasteiger partial charge < -0.3 is 9.88 Å². The maximum atomic E-state index is 13.1. The molecule has 1 aliphatic heterocycles. The fourth-order valence-corrected chi connectivity index (χ4v) is 5.88. The molecule has 8 heteroatoms. The Morgan fingerprint density at radius 2 is 1.84 bits per heavy atom. The standard InChI is InChI=1S/C23H28N4O3S/c1-3-22-25-19-9-5-6-10-20(19)27(22)16-23(28)24-18-12-11-17(2)21(15-18)31(29,30)26-13-7-4-8-14-26/h5-6,9-12,15H,3-4,7-8,13-14,16H2,1-2H3,(H,24,28). The average Bonchev–Trinajstić information content (AvgIpc) is 3.13. The van der Waals surface area contributed by atoms with Crippen LogP contribution >= 0.6 is 0 Å². The van der Waals surface area contributed by atoms with E-state index in [0.29, 0.717) is 30.8 Å². The molecule has 1 fully saturated rings. The van der Waals surface area contributed by atoms with Gasteiger partial charge in [-0.25, -0.2) is 13.4 Å². The molecule has 164 valence electrons. The number of fused-ring (bicyclic) bond motifs is 1. The number of carbonyl (C=O) groups excluding carboxylic acids is 1. The number of nitrogens with zero attached hydrogens (tertiary/aromatic N) is 3. The van der Waals surface area contributed by atoms with Crippen molar-refractivity contribution in [3.63, 3.8) is 0 Å². The summed E-state index contributed by atoms with van der Waals surface area (Å²) in [5.41, 5.74) is 2.93. The molecule has 2 heterocycles. The largest absolute Gasteiger partial charge is 0.324 e. The van der Waals surface area contributed by atoms with Gasteiger partial charge in [-0.1, -0.05) is 31.5 Å². The van der Waals surface area contributed by atoms with Crippen molar-refractivity contribution < 1.29 is 13.2 Å². The van der Waals surface area contributed by atoms with E-state index in [2.05, 4.69) is 10.3 Å². The number of para-hydroxylation sites is 2. The van der Waals surface area contributed by atoms with Gasteiger partial charge in [-0.2, -0.15) is 4.31 Å². The second-order valence-corrected chi connectivity index (χ2v) is 9.86. The van der Waals surface area contributed by atoms with E-state index < -0.39 is 10.0 Å². The Hall–Kier alpha value is -2.71. The Morgan fingerprint density at radius 1 is 1.10 bits per heavy atom. The van der Waals surface area contributed by atoms with Crippen LogP contribution in [0, 0.1) is 6.92 Å². The molecule has 0 atom stereocenters. The molecule has 1 aromatic heterocycles. The molecule has 0 spiro atoms. The third-order valence-corrected chi connectivity index (χ3v) is 7.80. The van der Waals surface area contributed by atoms with Crippen LogP contribution in [0.5, 0.6) is 0 Å². The highest BCUT2D eigenvalue weighted by Crippen LogP contribution is 2.26. The summed E-state index contributed by atoms with van der Waals surface area (Å²) < 4.78 is 29.7. The second kappa shape index (κ2) is 8.80. The van der Waals surface area contributed by atoms with Crippen LogP contribution in [0.15, 0.2) is 47.4 Å². The van der Waals surface area contributed by atoms with Crippen molar-refractivity contribution in [1.82, 2.24) is 13.9 Å². The Morgan fingerprint density at radius 3 is 2.58 bits per heavy atom. The van der Waals surface area contributed by atoms with E-state index in [1.165, 1.54) is 0 Å². The molecular formula is C23H28N4O3S. The van der Waals surface area contributed by atoms with Gasteiger partial charge >= 0.3 is 0 Å². The monoisotopic (exact) mass is 440 g/mol. The summed E-state index contributed by atoms with van der Waals surface area (Å²) in [6.45, 7) is 5.00. The number of carbonyl (C=O) groups is 1. The molecule has 0 saturated carbocycles. The Labute approximate surface area is 183 Å². The van der Waals surface area contributed by atoms with Crippen LogP contribution in [0.2, 0.25) is 0 Å². The lowest BCUT2D eigenvalue weighted by Crippen LogP contribution is -2.36. The van der Waals surface area contributed by atoms with Crippen LogP contribution < -0.4 is 5.32 Å². The molecule has 0 bridgehead atoms. The van der Waals surface area contributed by atoms with E-state index in [4.69, 9.17) is 0 Å². The first-order chi connectivity index (χ1) is 14.9. The quantitative estimate of drug-likeness (QED) is 0.633. The lowest BCUT2D eigenvalue weighted by molar-refractivity contribution is -0.116. The minimum atomic E-state index is -3.57. The molecule has 31 heavy (non-hydrogen) atoms. The summed E-state index contributed by atoms with van der Waals surface area (Å²) in [4.78, 5) is 17.7. The van der Waals surface area contributed by atoms with Gasteiger partial charge in [0.15, 0.2) is 0 Å². The zero-order chi connectivity index (χ0) is 22.0. The molecule has 1 N–H and O–H groups in total. The van der Waals surface area contributed by atoms with Crippen LogP contribution in [0.3, 0.4) is 0 Å². The van der Waals surface area contributed by atoms with Gasteiger partial charge in [0.25, 0.3) is 0 Å². The summed E-state index contributed by atoms with van der Waals surface area (Å²) >= 11 is 0.